The van der Waals surface area contributed by atoms with Crippen LogP contribution >= 0.6 is 0 Å². The first-order valence-electron chi connectivity index (χ1n) is 7.88. The van der Waals surface area contributed by atoms with Crippen LogP contribution in [0.4, 0.5) is 8.78 Å². The van der Waals surface area contributed by atoms with Gasteiger partial charge < -0.3 is 10.3 Å². The van der Waals surface area contributed by atoms with E-state index in [1.54, 1.807) is 12.1 Å². The van der Waals surface area contributed by atoms with E-state index in [2.05, 4.69) is 10.3 Å². The van der Waals surface area contributed by atoms with E-state index in [0.29, 0.717) is 12.1 Å². The number of amides is 1. The largest absolute Gasteiger partial charge is 0.361 e. The number of carbonyl (C=O) groups is 1. The number of carbonyl (C=O) groups excluding carboxylic acids is 1. The maximum atomic E-state index is 13.6. The fraction of sp³-hybridized carbons (Fsp3) is 0.211. The lowest BCUT2D eigenvalue weighted by Gasteiger charge is -2.16. The summed E-state index contributed by atoms with van der Waals surface area (Å²) in [5, 5.41) is 3.74. The van der Waals surface area contributed by atoms with Crippen molar-refractivity contribution < 1.29 is 13.6 Å². The van der Waals surface area contributed by atoms with Gasteiger partial charge in [0, 0.05) is 34.6 Å². The summed E-state index contributed by atoms with van der Waals surface area (Å²) in [4.78, 5) is 15.4. The Bertz CT molecular complexity index is 928. The average Bonchev–Trinajstić information content (AvgIpc) is 3.24. The molecule has 0 aliphatic heterocycles. The zero-order valence-electron chi connectivity index (χ0n) is 12.9. The second kappa shape index (κ2) is 5.44. The number of hydrogen-bond donors (Lipinski definition) is 2. The van der Waals surface area contributed by atoms with Gasteiger partial charge in [-0.15, -0.1) is 0 Å². The summed E-state index contributed by atoms with van der Waals surface area (Å²) in [7, 11) is 0. The standard InChI is InChI=1S/C19H16F2N2O/c20-13-3-1-2-12(8-13)18(24)23-11-19(6-7-19)16-10-22-17-5-4-14(21)9-15(16)17/h1-5,8-10,22H,6-7,11H2,(H,23,24). The van der Waals surface area contributed by atoms with Gasteiger partial charge in [-0.2, -0.15) is 0 Å². The fourth-order valence-electron chi connectivity index (χ4n) is 3.21. The molecule has 0 spiro atoms. The molecule has 1 saturated carbocycles. The van der Waals surface area contributed by atoms with Crippen molar-refractivity contribution >= 4 is 16.8 Å². The van der Waals surface area contributed by atoms with Gasteiger partial charge in [0.2, 0.25) is 0 Å². The zero-order valence-corrected chi connectivity index (χ0v) is 12.9. The van der Waals surface area contributed by atoms with Crippen LogP contribution in [0.15, 0.2) is 48.7 Å². The third kappa shape index (κ3) is 2.56. The SMILES string of the molecule is O=C(NCC1(c2c[nH]c3ccc(F)cc23)CC1)c1cccc(F)c1. The Labute approximate surface area is 137 Å². The molecule has 1 aromatic heterocycles. The van der Waals surface area contributed by atoms with E-state index in [-0.39, 0.29) is 17.1 Å². The van der Waals surface area contributed by atoms with Crippen LogP contribution in [-0.2, 0) is 5.41 Å². The van der Waals surface area contributed by atoms with Gasteiger partial charge in [0.05, 0.1) is 0 Å². The lowest BCUT2D eigenvalue weighted by molar-refractivity contribution is 0.0949. The van der Waals surface area contributed by atoms with Crippen LogP contribution in [0.5, 0.6) is 0 Å². The second-order valence-electron chi connectivity index (χ2n) is 6.37. The molecule has 24 heavy (non-hydrogen) atoms. The molecule has 0 atom stereocenters. The summed E-state index contributed by atoms with van der Waals surface area (Å²) in [6, 6.07) is 10.3. The number of aromatic nitrogens is 1. The molecular weight excluding hydrogens is 310 g/mol. The van der Waals surface area contributed by atoms with Crippen LogP contribution in [0.25, 0.3) is 10.9 Å². The third-order valence-electron chi connectivity index (χ3n) is 4.74. The van der Waals surface area contributed by atoms with E-state index >= 15 is 0 Å². The van der Waals surface area contributed by atoms with E-state index in [9.17, 15) is 13.6 Å². The van der Waals surface area contributed by atoms with E-state index in [4.69, 9.17) is 0 Å². The van der Waals surface area contributed by atoms with Crippen LogP contribution in [-0.4, -0.2) is 17.4 Å². The van der Waals surface area contributed by atoms with Crippen molar-refractivity contribution in [2.24, 2.45) is 0 Å². The van der Waals surface area contributed by atoms with E-state index < -0.39 is 5.82 Å². The second-order valence-corrected chi connectivity index (χ2v) is 6.37. The lowest BCUT2D eigenvalue weighted by atomic mass is 9.95. The lowest BCUT2D eigenvalue weighted by Crippen LogP contribution is -2.32. The van der Waals surface area contributed by atoms with Gasteiger partial charge >= 0.3 is 0 Å². The molecule has 3 nitrogen and oxygen atoms in total. The van der Waals surface area contributed by atoms with Crippen molar-refractivity contribution in [3.8, 4) is 0 Å². The molecule has 1 aliphatic carbocycles. The molecule has 5 heteroatoms. The molecule has 122 valence electrons. The maximum Gasteiger partial charge on any atom is 0.251 e. The van der Waals surface area contributed by atoms with Crippen molar-refractivity contribution in [1.29, 1.82) is 0 Å². The van der Waals surface area contributed by atoms with Crippen molar-refractivity contribution in [3.63, 3.8) is 0 Å². The van der Waals surface area contributed by atoms with Gasteiger partial charge in [-0.25, -0.2) is 8.78 Å². The normalized spacial score (nSPS) is 15.4. The summed E-state index contributed by atoms with van der Waals surface area (Å²) >= 11 is 0. The molecule has 1 aliphatic rings. The smallest absolute Gasteiger partial charge is 0.251 e. The van der Waals surface area contributed by atoms with Crippen molar-refractivity contribution in [1.82, 2.24) is 10.3 Å². The number of hydrogen-bond acceptors (Lipinski definition) is 1. The molecule has 3 aromatic rings. The Morgan fingerprint density at radius 2 is 1.92 bits per heavy atom. The Morgan fingerprint density at radius 3 is 2.67 bits per heavy atom. The topological polar surface area (TPSA) is 44.9 Å². The minimum absolute atomic E-state index is 0.172. The number of fused-ring (bicyclic) bond motifs is 1. The fourth-order valence-corrected chi connectivity index (χ4v) is 3.21. The minimum atomic E-state index is -0.434. The maximum absolute atomic E-state index is 13.6. The molecule has 1 heterocycles. The van der Waals surface area contributed by atoms with E-state index in [1.165, 1.54) is 30.3 Å². The summed E-state index contributed by atoms with van der Waals surface area (Å²) in [5.74, 6) is -1.01. The van der Waals surface area contributed by atoms with Gasteiger partial charge in [-0.3, -0.25) is 4.79 Å². The summed E-state index contributed by atoms with van der Waals surface area (Å²) in [6.45, 7) is 0.450. The average molecular weight is 326 g/mol. The summed E-state index contributed by atoms with van der Waals surface area (Å²) in [5.41, 5.74) is 2.04. The number of halogens is 2. The molecule has 2 N–H and O–H groups in total. The number of benzene rings is 2. The van der Waals surface area contributed by atoms with Gasteiger partial charge in [-0.1, -0.05) is 6.07 Å². The number of H-pyrrole nitrogens is 1. The molecule has 1 fully saturated rings. The first-order chi connectivity index (χ1) is 11.6. The quantitative estimate of drug-likeness (QED) is 0.750. The van der Waals surface area contributed by atoms with Crippen LogP contribution in [0.3, 0.4) is 0 Å². The highest BCUT2D eigenvalue weighted by atomic mass is 19.1. The highest BCUT2D eigenvalue weighted by Crippen LogP contribution is 2.50. The monoisotopic (exact) mass is 326 g/mol. The molecule has 0 unspecified atom stereocenters. The third-order valence-corrected chi connectivity index (χ3v) is 4.74. The van der Waals surface area contributed by atoms with Crippen LogP contribution in [0.2, 0.25) is 0 Å². The Balaban J connectivity index is 1.55. The summed E-state index contributed by atoms with van der Waals surface area (Å²) in [6.07, 6.45) is 3.76. The van der Waals surface area contributed by atoms with Gasteiger partial charge in [0.15, 0.2) is 0 Å². The van der Waals surface area contributed by atoms with Crippen LogP contribution in [0.1, 0.15) is 28.8 Å². The van der Waals surface area contributed by atoms with Gasteiger partial charge in [0.25, 0.3) is 5.91 Å². The predicted octanol–water partition coefficient (Wildman–Crippen LogP) is 3.91. The summed E-state index contributed by atoms with van der Waals surface area (Å²) < 4.78 is 26.8. The first-order valence-corrected chi connectivity index (χ1v) is 7.88. The van der Waals surface area contributed by atoms with Gasteiger partial charge in [-0.05, 0) is 54.8 Å². The Kier molecular flexibility index (Phi) is 3.37. The van der Waals surface area contributed by atoms with Gasteiger partial charge in [0.1, 0.15) is 11.6 Å². The van der Waals surface area contributed by atoms with Crippen molar-refractivity contribution in [2.75, 3.05) is 6.54 Å². The van der Waals surface area contributed by atoms with E-state index in [0.717, 1.165) is 29.3 Å². The molecule has 1 amide bonds. The Morgan fingerprint density at radius 1 is 1.12 bits per heavy atom. The highest BCUT2D eigenvalue weighted by Gasteiger charge is 2.45. The first kappa shape index (κ1) is 14.9. The zero-order chi connectivity index (χ0) is 16.7. The molecule has 0 radical (unpaired) electrons. The highest BCUT2D eigenvalue weighted by molar-refractivity contribution is 5.94. The number of aromatic amines is 1. The van der Waals surface area contributed by atoms with Crippen molar-refractivity contribution in [3.05, 3.63) is 71.4 Å². The number of rotatable bonds is 4. The van der Waals surface area contributed by atoms with Crippen LogP contribution in [0, 0.1) is 11.6 Å². The number of nitrogens with one attached hydrogen (secondary N) is 2. The van der Waals surface area contributed by atoms with Crippen LogP contribution < -0.4 is 5.32 Å². The van der Waals surface area contributed by atoms with E-state index in [1.807, 2.05) is 6.20 Å². The Hall–Kier alpha value is -2.69. The molecule has 0 saturated heterocycles. The molecule has 0 bridgehead atoms. The molecular formula is C19H16F2N2O. The van der Waals surface area contributed by atoms with Crippen molar-refractivity contribution in [2.45, 2.75) is 18.3 Å². The predicted molar refractivity (Wildman–Crippen MR) is 87.9 cm³/mol. The minimum Gasteiger partial charge on any atom is -0.361 e. The molecule has 4 rings (SSSR count). The molecule has 2 aromatic carbocycles.